The topological polar surface area (TPSA) is 121 Å². The first-order chi connectivity index (χ1) is 9.45. The van der Waals surface area contributed by atoms with Gasteiger partial charge in [0.25, 0.3) is 0 Å². The Labute approximate surface area is 132 Å². The lowest BCUT2D eigenvalue weighted by molar-refractivity contribution is 0.121. The van der Waals surface area contributed by atoms with Crippen LogP contribution in [0.25, 0.3) is 0 Å². The van der Waals surface area contributed by atoms with E-state index in [-0.39, 0.29) is 14.3 Å². The molecule has 0 fully saturated rings. The van der Waals surface area contributed by atoms with E-state index in [4.69, 9.17) is 10.2 Å². The quantitative estimate of drug-likeness (QED) is 0.610. The SMILES string of the molecule is CC(CO)(CO)NS(=O)(=O)c1cc(S(C)(=O)=O)ccc1Br. The normalized spacial score (nSPS) is 13.4. The zero-order valence-corrected chi connectivity index (χ0v) is 14.6. The summed E-state index contributed by atoms with van der Waals surface area (Å²) in [5.41, 5.74) is -1.46. The highest BCUT2D eigenvalue weighted by Gasteiger charge is 2.31. The molecule has 0 saturated heterocycles. The van der Waals surface area contributed by atoms with E-state index >= 15 is 0 Å². The van der Waals surface area contributed by atoms with Crippen LogP contribution >= 0.6 is 15.9 Å². The summed E-state index contributed by atoms with van der Waals surface area (Å²) in [6.45, 7) is 0.0805. The van der Waals surface area contributed by atoms with E-state index in [2.05, 4.69) is 20.7 Å². The molecule has 3 N–H and O–H groups in total. The number of rotatable bonds is 6. The van der Waals surface area contributed by atoms with Gasteiger partial charge in [-0.05, 0) is 41.1 Å². The first-order valence-electron chi connectivity index (χ1n) is 5.70. The molecule has 0 saturated carbocycles. The summed E-state index contributed by atoms with van der Waals surface area (Å²) in [7, 11) is -7.71. The molecule has 0 spiro atoms. The summed E-state index contributed by atoms with van der Waals surface area (Å²) in [5.74, 6) is 0. The Morgan fingerprint density at radius 3 is 2.14 bits per heavy atom. The van der Waals surface area contributed by atoms with Gasteiger partial charge in [-0.2, -0.15) is 0 Å². The van der Waals surface area contributed by atoms with E-state index in [1.165, 1.54) is 19.1 Å². The van der Waals surface area contributed by atoms with Gasteiger partial charge in [-0.3, -0.25) is 0 Å². The van der Waals surface area contributed by atoms with Crippen LogP contribution in [0.3, 0.4) is 0 Å². The van der Waals surface area contributed by atoms with Gasteiger partial charge in [-0.1, -0.05) is 0 Å². The first kappa shape index (κ1) is 18.5. The lowest BCUT2D eigenvalue weighted by Crippen LogP contribution is -2.51. The Bertz CT molecular complexity index is 725. The average Bonchev–Trinajstić information content (AvgIpc) is 2.37. The van der Waals surface area contributed by atoms with Crippen LogP contribution in [-0.4, -0.2) is 52.1 Å². The van der Waals surface area contributed by atoms with Crippen molar-refractivity contribution >= 4 is 35.8 Å². The van der Waals surface area contributed by atoms with Crippen molar-refractivity contribution < 1.29 is 27.0 Å². The van der Waals surface area contributed by atoms with Crippen LogP contribution in [-0.2, 0) is 19.9 Å². The Morgan fingerprint density at radius 2 is 1.71 bits per heavy atom. The zero-order chi connectivity index (χ0) is 16.5. The van der Waals surface area contributed by atoms with Crippen molar-refractivity contribution in [3.8, 4) is 0 Å². The molecule has 0 amide bonds. The summed E-state index contributed by atoms with van der Waals surface area (Å²) < 4.78 is 50.0. The van der Waals surface area contributed by atoms with Crippen LogP contribution in [0.4, 0.5) is 0 Å². The van der Waals surface area contributed by atoms with Crippen molar-refractivity contribution in [3.05, 3.63) is 22.7 Å². The van der Waals surface area contributed by atoms with Gasteiger partial charge in [-0.25, -0.2) is 21.6 Å². The van der Waals surface area contributed by atoms with Crippen LogP contribution < -0.4 is 4.72 Å². The zero-order valence-electron chi connectivity index (χ0n) is 11.4. The van der Waals surface area contributed by atoms with Gasteiger partial charge in [0.1, 0.15) is 0 Å². The van der Waals surface area contributed by atoms with Crippen molar-refractivity contribution in [1.29, 1.82) is 0 Å². The number of benzene rings is 1. The predicted molar refractivity (Wildman–Crippen MR) is 80.1 cm³/mol. The molecular weight excluding hydrogens is 386 g/mol. The number of halogens is 1. The molecule has 0 aliphatic heterocycles. The van der Waals surface area contributed by atoms with Crippen molar-refractivity contribution in [2.24, 2.45) is 0 Å². The molecule has 0 aromatic heterocycles. The Hall–Kier alpha value is -0.520. The second kappa shape index (κ2) is 6.31. The van der Waals surface area contributed by atoms with Crippen LogP contribution in [0.2, 0.25) is 0 Å². The van der Waals surface area contributed by atoms with Crippen LogP contribution in [0, 0.1) is 0 Å². The summed E-state index contributed by atoms with van der Waals surface area (Å²) in [4.78, 5) is -0.445. The molecule has 0 aliphatic carbocycles. The molecule has 0 aliphatic rings. The summed E-state index contributed by atoms with van der Waals surface area (Å²) in [6.07, 6.45) is 0.964. The van der Waals surface area contributed by atoms with Gasteiger partial charge in [0.05, 0.1) is 28.5 Å². The maximum absolute atomic E-state index is 12.3. The molecule has 0 radical (unpaired) electrons. The van der Waals surface area contributed by atoms with E-state index < -0.39 is 38.6 Å². The lowest BCUT2D eigenvalue weighted by atomic mass is 10.1. The first-order valence-corrected chi connectivity index (χ1v) is 9.87. The van der Waals surface area contributed by atoms with Crippen LogP contribution in [0.5, 0.6) is 0 Å². The Morgan fingerprint density at radius 1 is 1.19 bits per heavy atom. The van der Waals surface area contributed by atoms with Gasteiger partial charge in [0.15, 0.2) is 9.84 Å². The number of hydrogen-bond acceptors (Lipinski definition) is 6. The number of sulfonamides is 1. The van der Waals surface area contributed by atoms with Crippen molar-refractivity contribution in [2.45, 2.75) is 22.3 Å². The van der Waals surface area contributed by atoms with Crippen molar-refractivity contribution in [3.63, 3.8) is 0 Å². The molecule has 1 aromatic carbocycles. The van der Waals surface area contributed by atoms with Gasteiger partial charge in [-0.15, -0.1) is 0 Å². The monoisotopic (exact) mass is 401 g/mol. The van der Waals surface area contributed by atoms with Gasteiger partial charge in [0.2, 0.25) is 10.0 Å². The third-order valence-corrected chi connectivity index (χ3v) is 6.44. The molecular formula is C11H16BrNO6S2. The smallest absolute Gasteiger partial charge is 0.242 e. The molecule has 120 valence electrons. The maximum Gasteiger partial charge on any atom is 0.242 e. The highest BCUT2D eigenvalue weighted by atomic mass is 79.9. The molecule has 0 bridgehead atoms. The summed E-state index contributed by atoms with van der Waals surface area (Å²) in [6, 6.07) is 3.59. The second-order valence-electron chi connectivity index (χ2n) is 4.85. The number of aliphatic hydroxyl groups is 2. The number of hydrogen-bond donors (Lipinski definition) is 3. The van der Waals surface area contributed by atoms with Gasteiger partial charge in [0, 0.05) is 10.7 Å². The maximum atomic E-state index is 12.3. The van der Waals surface area contributed by atoms with E-state index in [1.54, 1.807) is 0 Å². The van der Waals surface area contributed by atoms with E-state index in [0.29, 0.717) is 0 Å². The molecule has 1 rings (SSSR count). The minimum atomic E-state index is -4.14. The fraction of sp³-hybridized carbons (Fsp3) is 0.455. The highest BCUT2D eigenvalue weighted by molar-refractivity contribution is 9.10. The fourth-order valence-electron chi connectivity index (χ4n) is 1.41. The minimum Gasteiger partial charge on any atom is -0.394 e. The molecule has 10 heteroatoms. The summed E-state index contributed by atoms with van der Waals surface area (Å²) in [5, 5.41) is 18.3. The molecule has 1 aromatic rings. The van der Waals surface area contributed by atoms with Crippen LogP contribution in [0.15, 0.2) is 32.5 Å². The third-order valence-electron chi connectivity index (χ3n) is 2.70. The fourth-order valence-corrected chi connectivity index (χ4v) is 4.52. The van der Waals surface area contributed by atoms with E-state index in [0.717, 1.165) is 12.3 Å². The van der Waals surface area contributed by atoms with E-state index in [1.807, 2.05) is 0 Å². The molecule has 0 unspecified atom stereocenters. The Balaban J connectivity index is 3.39. The van der Waals surface area contributed by atoms with Crippen molar-refractivity contribution in [1.82, 2.24) is 4.72 Å². The molecule has 0 heterocycles. The number of sulfone groups is 1. The number of aliphatic hydroxyl groups excluding tert-OH is 2. The summed E-state index contributed by atoms with van der Waals surface area (Å²) >= 11 is 3.05. The highest BCUT2D eigenvalue weighted by Crippen LogP contribution is 2.26. The number of nitrogens with one attached hydrogen (secondary N) is 1. The minimum absolute atomic E-state index is 0.152. The lowest BCUT2D eigenvalue weighted by Gasteiger charge is -2.26. The molecule has 21 heavy (non-hydrogen) atoms. The van der Waals surface area contributed by atoms with Crippen molar-refractivity contribution in [2.75, 3.05) is 19.5 Å². The third kappa shape index (κ3) is 4.47. The van der Waals surface area contributed by atoms with Crippen LogP contribution in [0.1, 0.15) is 6.92 Å². The predicted octanol–water partition coefficient (Wildman–Crippen LogP) is -0.126. The Kier molecular flexibility index (Phi) is 5.56. The average molecular weight is 402 g/mol. The largest absolute Gasteiger partial charge is 0.394 e. The standard InChI is InChI=1S/C11H16BrNO6S2/c1-11(6-14,7-15)13-21(18,19)10-5-8(20(2,16)17)3-4-9(10)12/h3-5,13-15H,6-7H2,1-2H3. The molecule has 0 atom stereocenters. The van der Waals surface area contributed by atoms with Gasteiger partial charge < -0.3 is 10.2 Å². The van der Waals surface area contributed by atoms with Gasteiger partial charge >= 0.3 is 0 Å². The second-order valence-corrected chi connectivity index (χ2v) is 9.37. The molecule has 7 nitrogen and oxygen atoms in total. The van der Waals surface area contributed by atoms with E-state index in [9.17, 15) is 16.8 Å².